The zero-order valence-corrected chi connectivity index (χ0v) is 30.6. The molecule has 11 nitrogen and oxygen atoms in total. The lowest BCUT2D eigenvalue weighted by Gasteiger charge is -2.32. The summed E-state index contributed by atoms with van der Waals surface area (Å²) in [5.41, 5.74) is 0.920. The van der Waals surface area contributed by atoms with Crippen molar-refractivity contribution in [2.45, 2.75) is 75.0 Å². The number of ether oxygens (including phenoxy) is 2. The van der Waals surface area contributed by atoms with Crippen molar-refractivity contribution in [3.63, 3.8) is 0 Å². The Balaban J connectivity index is 0.970. The van der Waals surface area contributed by atoms with Crippen molar-refractivity contribution < 1.29 is 23.3 Å². The number of fused-ring (bicyclic) bond motifs is 4. The minimum Gasteiger partial charge on any atom is -0.368 e. The highest BCUT2D eigenvalue weighted by molar-refractivity contribution is 7.45. The van der Waals surface area contributed by atoms with E-state index < -0.39 is 28.4 Å². The monoisotopic (exact) mass is 720 g/mol. The molecule has 0 aliphatic carbocycles. The fourth-order valence-corrected chi connectivity index (χ4v) is 14.4. The Bertz CT molecular complexity index is 1990. The molecule has 0 saturated carbocycles. The lowest BCUT2D eigenvalue weighted by atomic mass is 9.96. The number of rotatable bonds is 10. The van der Waals surface area contributed by atoms with Crippen LogP contribution in [0.2, 0.25) is 12.6 Å². The van der Waals surface area contributed by atoms with Crippen LogP contribution in [0.4, 0.5) is 5.82 Å². The van der Waals surface area contributed by atoms with Gasteiger partial charge in [0.2, 0.25) is 0 Å². The highest BCUT2D eigenvalue weighted by atomic mass is 31.2. The first kappa shape index (κ1) is 33.0. The zero-order valence-electron chi connectivity index (χ0n) is 28.7. The van der Waals surface area contributed by atoms with E-state index in [0.717, 1.165) is 25.4 Å². The van der Waals surface area contributed by atoms with E-state index in [2.05, 4.69) is 99.1 Å². The fraction of sp³-hybridized carbons (Fsp3) is 0.368. The van der Waals surface area contributed by atoms with Crippen LogP contribution in [0.15, 0.2) is 104 Å². The highest BCUT2D eigenvalue weighted by Crippen LogP contribution is 2.61. The van der Waals surface area contributed by atoms with Crippen molar-refractivity contribution in [2.75, 3.05) is 18.5 Å². The summed E-state index contributed by atoms with van der Waals surface area (Å²) in [5, 5.41) is 5.74. The Labute approximate surface area is 299 Å². The Kier molecular flexibility index (Phi) is 8.59. The number of anilines is 1. The summed E-state index contributed by atoms with van der Waals surface area (Å²) in [5.74, 6) is 0.0705. The molecule has 3 aromatic carbocycles. The average molecular weight is 721 g/mol. The summed E-state index contributed by atoms with van der Waals surface area (Å²) in [7, 11) is -3.47. The van der Waals surface area contributed by atoms with Gasteiger partial charge in [0.1, 0.15) is 32.2 Å². The van der Waals surface area contributed by atoms with E-state index in [-0.39, 0.29) is 24.2 Å². The number of amides is 1. The van der Waals surface area contributed by atoms with Crippen LogP contribution in [-0.4, -0.2) is 81.3 Å². The molecule has 0 radical (unpaired) electrons. The number of imidazole rings is 1. The van der Waals surface area contributed by atoms with Crippen LogP contribution < -0.4 is 15.7 Å². The second kappa shape index (κ2) is 13.3. The van der Waals surface area contributed by atoms with Crippen molar-refractivity contribution >= 4 is 49.9 Å². The van der Waals surface area contributed by atoms with E-state index in [9.17, 15) is 4.79 Å². The molecule has 262 valence electrons. The van der Waals surface area contributed by atoms with E-state index in [0.29, 0.717) is 41.6 Å². The first-order chi connectivity index (χ1) is 25.0. The first-order valence-electron chi connectivity index (χ1n) is 17.8. The van der Waals surface area contributed by atoms with Crippen molar-refractivity contribution in [3.8, 4) is 0 Å². The summed E-state index contributed by atoms with van der Waals surface area (Å²) < 4.78 is 31.9. The van der Waals surface area contributed by atoms with Crippen LogP contribution in [-0.2, 0) is 18.5 Å². The maximum Gasteiger partial charge on any atom is 0.259 e. The van der Waals surface area contributed by atoms with E-state index in [1.54, 1.807) is 18.5 Å². The van der Waals surface area contributed by atoms with Crippen LogP contribution in [0.1, 0.15) is 42.8 Å². The minimum absolute atomic E-state index is 0.0729. The maximum absolute atomic E-state index is 13.0. The van der Waals surface area contributed by atoms with Crippen LogP contribution in [0.5, 0.6) is 0 Å². The van der Waals surface area contributed by atoms with Crippen molar-refractivity contribution in [2.24, 2.45) is 0 Å². The molecule has 51 heavy (non-hydrogen) atoms. The Morgan fingerprint density at radius 3 is 2.41 bits per heavy atom. The molecule has 4 fully saturated rings. The molecule has 2 aromatic heterocycles. The smallest absolute Gasteiger partial charge is 0.259 e. The third-order valence-electron chi connectivity index (χ3n) is 11.2. The fourth-order valence-electron chi connectivity index (χ4n) is 8.38. The molecule has 9 rings (SSSR count). The number of carbonyl (C=O) groups is 1. The van der Waals surface area contributed by atoms with Crippen LogP contribution in [0, 0.1) is 0 Å². The van der Waals surface area contributed by atoms with Crippen LogP contribution in [0.3, 0.4) is 0 Å². The average Bonchev–Trinajstić information content (AvgIpc) is 4.01. The molecule has 1 amide bonds. The lowest BCUT2D eigenvalue weighted by molar-refractivity contribution is -0.172. The molecule has 0 spiro atoms. The highest BCUT2D eigenvalue weighted by Gasteiger charge is 2.64. The number of nitrogens with one attached hydrogen (secondary N) is 1. The lowest BCUT2D eigenvalue weighted by Crippen LogP contribution is -2.58. The second-order valence-electron chi connectivity index (χ2n) is 14.1. The standard InChI is InChI=1S/C38H41N6O5PSi/c1-3-38-23-46-32(37(47-38)43-25-41-31-34(39-24-40-35(31)43)42-36(45)26-14-7-4-8-15-26)33(38)49-50-44-21-13-20-29(44)30(48-50)22-51(2,27-16-9-5-10-17-27)28-18-11-6-12-19-28/h4-12,14-19,24-25,29-30,32-33,37H,3,13,20-23H2,1-2H3,(H,39,40,42,45)/t29-,30+,32?,33-,37-,38+,50+/m1/s1. The van der Waals surface area contributed by atoms with Gasteiger partial charge in [-0.3, -0.25) is 9.36 Å². The number of hydrogen-bond acceptors (Lipinski definition) is 9. The van der Waals surface area contributed by atoms with Gasteiger partial charge in [0, 0.05) is 18.2 Å². The van der Waals surface area contributed by atoms with Gasteiger partial charge < -0.3 is 23.8 Å². The van der Waals surface area contributed by atoms with Gasteiger partial charge in [0.15, 0.2) is 23.2 Å². The van der Waals surface area contributed by atoms with Gasteiger partial charge in [-0.05, 0) is 37.4 Å². The van der Waals surface area contributed by atoms with Gasteiger partial charge in [-0.15, -0.1) is 0 Å². The molecular weight excluding hydrogens is 680 g/mol. The molecule has 4 aliphatic rings. The van der Waals surface area contributed by atoms with Crippen LogP contribution in [0.25, 0.3) is 11.2 Å². The maximum atomic E-state index is 13.0. The van der Waals surface area contributed by atoms with E-state index >= 15 is 0 Å². The van der Waals surface area contributed by atoms with Gasteiger partial charge in [-0.1, -0.05) is 103 Å². The van der Waals surface area contributed by atoms with Crippen LogP contribution >= 0.6 is 8.53 Å². The van der Waals surface area contributed by atoms with E-state index in [4.69, 9.17) is 18.5 Å². The molecule has 2 bridgehead atoms. The van der Waals surface area contributed by atoms with Gasteiger partial charge in [-0.25, -0.2) is 19.6 Å². The quantitative estimate of drug-likeness (QED) is 0.147. The SMILES string of the molecule is CC[C@@]12COC([C@H](n3cnc4c(NC(=O)c5ccccc5)ncnc43)O1)[C@H]2O[P@]1O[C@@H](C[Si](C)(c2ccccc2)c2ccccc2)[C@H]2CCCN21. The predicted molar refractivity (Wildman–Crippen MR) is 198 cm³/mol. The van der Waals surface area contributed by atoms with Gasteiger partial charge in [0.25, 0.3) is 14.4 Å². The Morgan fingerprint density at radius 1 is 1.00 bits per heavy atom. The summed E-state index contributed by atoms with van der Waals surface area (Å²) in [4.78, 5) is 26.5. The van der Waals surface area contributed by atoms with Crippen molar-refractivity contribution in [1.29, 1.82) is 0 Å². The molecule has 4 saturated heterocycles. The normalized spacial score (nSPS) is 28.7. The zero-order chi connectivity index (χ0) is 34.6. The van der Waals surface area contributed by atoms with Gasteiger partial charge >= 0.3 is 0 Å². The number of carbonyl (C=O) groups excluding carboxylic acids is 1. The summed E-state index contributed by atoms with van der Waals surface area (Å²) in [6, 6.07) is 32.3. The Hall–Kier alpha value is -3.87. The molecule has 5 aromatic rings. The predicted octanol–water partition coefficient (Wildman–Crippen LogP) is 5.52. The third-order valence-corrected chi connectivity index (χ3v) is 17.5. The minimum atomic E-state index is -2.14. The summed E-state index contributed by atoms with van der Waals surface area (Å²) >= 11 is 0. The molecule has 1 N–H and O–H groups in total. The number of hydrogen-bond donors (Lipinski definition) is 1. The number of aromatic nitrogens is 4. The van der Waals surface area contributed by atoms with E-state index in [1.165, 1.54) is 16.7 Å². The van der Waals surface area contributed by atoms with Gasteiger partial charge in [0.05, 0.1) is 19.0 Å². The topological polar surface area (TPSA) is 113 Å². The Morgan fingerprint density at radius 2 is 1.71 bits per heavy atom. The molecule has 7 atom stereocenters. The summed E-state index contributed by atoms with van der Waals surface area (Å²) in [6.45, 7) is 6.01. The van der Waals surface area contributed by atoms with Gasteiger partial charge in [-0.2, -0.15) is 0 Å². The molecular formula is C38H41N6O5PSi. The molecule has 13 heteroatoms. The summed E-state index contributed by atoms with van der Waals surface area (Å²) in [6.07, 6.45) is 4.91. The number of nitrogens with zero attached hydrogens (tertiary/aromatic N) is 5. The van der Waals surface area contributed by atoms with E-state index in [1.807, 2.05) is 22.8 Å². The van der Waals surface area contributed by atoms with Crippen molar-refractivity contribution in [3.05, 3.63) is 109 Å². The third kappa shape index (κ3) is 5.65. The molecule has 4 aliphatic heterocycles. The molecule has 6 heterocycles. The molecule has 1 unspecified atom stereocenters. The largest absolute Gasteiger partial charge is 0.368 e. The second-order valence-corrected chi connectivity index (χ2v) is 19.8. The first-order valence-corrected chi connectivity index (χ1v) is 21.7. The van der Waals surface area contributed by atoms with Crippen molar-refractivity contribution in [1.82, 2.24) is 24.2 Å². The number of benzene rings is 3.